The highest BCUT2D eigenvalue weighted by Crippen LogP contribution is 2.53. The fourth-order valence-electron chi connectivity index (χ4n) is 4.80. The fourth-order valence-corrected chi connectivity index (χ4v) is 6.89. The number of hydrogen-bond acceptors (Lipinski definition) is 10. The molecule has 0 amide bonds. The van der Waals surface area contributed by atoms with Crippen LogP contribution in [0.1, 0.15) is 39.7 Å². The standard InChI is InChI=1S/C27H36FN4O8P/c1-15(2)37-25(35)16(3)13-41(36,40-19-9-7-6-8-10-19)39-17(4)21-22(33)27(29,14-28)26(38-21)32-12-11-20-23(32)30-18(5)31-24(20)34/h6-12,15-17,21-22,26,33H,13-14,29H2,1-5H3,(H,30,31,34)/t16-,17-,21-,22+,26-,27?,41-/m1/s1. The average molecular weight is 595 g/mol. The number of aromatic nitrogens is 3. The molecule has 3 heterocycles. The van der Waals surface area contributed by atoms with Crippen LogP contribution in [0.4, 0.5) is 4.39 Å². The largest absolute Gasteiger partial charge is 0.463 e. The van der Waals surface area contributed by atoms with Crippen LogP contribution in [-0.4, -0.2) is 68.4 Å². The van der Waals surface area contributed by atoms with Crippen molar-refractivity contribution in [2.24, 2.45) is 11.7 Å². The average Bonchev–Trinajstić information content (AvgIpc) is 3.42. The summed E-state index contributed by atoms with van der Waals surface area (Å²) in [4.78, 5) is 31.8. The molecule has 41 heavy (non-hydrogen) atoms. The van der Waals surface area contributed by atoms with Gasteiger partial charge in [0, 0.05) is 6.20 Å². The summed E-state index contributed by atoms with van der Waals surface area (Å²) < 4.78 is 53.1. The van der Waals surface area contributed by atoms with Gasteiger partial charge in [-0.3, -0.25) is 14.1 Å². The smallest absolute Gasteiger partial charge is 0.380 e. The van der Waals surface area contributed by atoms with Crippen molar-refractivity contribution in [1.29, 1.82) is 0 Å². The van der Waals surface area contributed by atoms with Crippen molar-refractivity contribution < 1.29 is 37.4 Å². The molecule has 1 unspecified atom stereocenters. The first kappa shape index (κ1) is 30.9. The van der Waals surface area contributed by atoms with Crippen molar-refractivity contribution in [3.8, 4) is 5.75 Å². The van der Waals surface area contributed by atoms with Crippen LogP contribution >= 0.6 is 7.60 Å². The number of benzene rings is 1. The van der Waals surface area contributed by atoms with E-state index in [1.54, 1.807) is 58.0 Å². The summed E-state index contributed by atoms with van der Waals surface area (Å²) in [5, 5.41) is 11.4. The van der Waals surface area contributed by atoms with Crippen LogP contribution in [0, 0.1) is 12.8 Å². The van der Waals surface area contributed by atoms with E-state index in [0.29, 0.717) is 5.82 Å². The van der Waals surface area contributed by atoms with Gasteiger partial charge >= 0.3 is 13.6 Å². The minimum atomic E-state index is -4.10. The zero-order chi connectivity index (χ0) is 30.1. The Morgan fingerprint density at radius 2 is 1.95 bits per heavy atom. The first-order valence-electron chi connectivity index (χ1n) is 13.3. The molecule has 224 valence electrons. The number of ether oxygens (including phenoxy) is 2. The molecule has 0 radical (unpaired) electrons. The molecule has 14 heteroatoms. The molecule has 0 spiro atoms. The van der Waals surface area contributed by atoms with E-state index in [1.165, 1.54) is 23.8 Å². The van der Waals surface area contributed by atoms with E-state index in [1.807, 2.05) is 0 Å². The van der Waals surface area contributed by atoms with Crippen LogP contribution in [0.15, 0.2) is 47.4 Å². The quantitative estimate of drug-likeness (QED) is 0.221. The highest BCUT2D eigenvalue weighted by atomic mass is 31.2. The third-order valence-corrected chi connectivity index (χ3v) is 8.96. The van der Waals surface area contributed by atoms with Crippen molar-refractivity contribution in [3.05, 3.63) is 58.8 Å². The van der Waals surface area contributed by atoms with Crippen molar-refractivity contribution >= 4 is 24.6 Å². The molecular formula is C27H36FN4O8P. The number of carbonyl (C=O) groups is 1. The van der Waals surface area contributed by atoms with E-state index < -0.39 is 61.8 Å². The van der Waals surface area contributed by atoms with Gasteiger partial charge in [-0.2, -0.15) is 0 Å². The van der Waals surface area contributed by atoms with Crippen molar-refractivity contribution in [1.82, 2.24) is 14.5 Å². The maximum absolute atomic E-state index is 14.5. The number of hydrogen-bond donors (Lipinski definition) is 3. The molecule has 0 saturated carbocycles. The van der Waals surface area contributed by atoms with E-state index in [4.69, 9.17) is 24.3 Å². The summed E-state index contributed by atoms with van der Waals surface area (Å²) in [6, 6.07) is 9.76. The topological polar surface area (TPSA) is 168 Å². The highest BCUT2D eigenvalue weighted by molar-refractivity contribution is 7.54. The lowest BCUT2D eigenvalue weighted by molar-refractivity contribution is -0.151. The summed E-state index contributed by atoms with van der Waals surface area (Å²) in [6.07, 6.45) is -4.58. The zero-order valence-corrected chi connectivity index (χ0v) is 24.4. The molecule has 1 aliphatic heterocycles. The number of nitrogens with one attached hydrogen (secondary N) is 1. The predicted octanol–water partition coefficient (Wildman–Crippen LogP) is 3.22. The van der Waals surface area contributed by atoms with Crippen LogP contribution in [0.2, 0.25) is 0 Å². The maximum Gasteiger partial charge on any atom is 0.380 e. The van der Waals surface area contributed by atoms with Gasteiger partial charge < -0.3 is 34.4 Å². The van der Waals surface area contributed by atoms with E-state index in [-0.39, 0.29) is 29.0 Å². The Labute approximate surface area is 236 Å². The molecule has 1 saturated heterocycles. The minimum absolute atomic E-state index is 0.191. The molecule has 4 N–H and O–H groups in total. The van der Waals surface area contributed by atoms with Crippen LogP contribution in [0.5, 0.6) is 5.75 Å². The molecule has 12 nitrogen and oxygen atoms in total. The second-order valence-electron chi connectivity index (χ2n) is 10.7. The van der Waals surface area contributed by atoms with Crippen LogP contribution < -0.4 is 15.8 Å². The lowest BCUT2D eigenvalue weighted by Crippen LogP contribution is -2.57. The van der Waals surface area contributed by atoms with Gasteiger partial charge in [0.2, 0.25) is 0 Å². The van der Waals surface area contributed by atoms with Gasteiger partial charge in [0.25, 0.3) is 5.56 Å². The summed E-state index contributed by atoms with van der Waals surface area (Å²) in [7, 11) is -4.10. The number of para-hydroxylation sites is 1. The van der Waals surface area contributed by atoms with Crippen molar-refractivity contribution in [2.45, 2.75) is 70.8 Å². The Kier molecular flexibility index (Phi) is 9.05. The van der Waals surface area contributed by atoms with E-state index in [0.717, 1.165) is 0 Å². The molecule has 1 aromatic carbocycles. The van der Waals surface area contributed by atoms with Gasteiger partial charge in [0.05, 0.1) is 29.7 Å². The van der Waals surface area contributed by atoms with Crippen LogP contribution in [0.25, 0.3) is 11.0 Å². The van der Waals surface area contributed by atoms with Gasteiger partial charge in [-0.25, -0.2) is 13.9 Å². The lowest BCUT2D eigenvalue weighted by atomic mass is 9.91. The van der Waals surface area contributed by atoms with Crippen LogP contribution in [0.3, 0.4) is 0 Å². The summed E-state index contributed by atoms with van der Waals surface area (Å²) in [6.45, 7) is 6.81. The number of aromatic amines is 1. The van der Waals surface area contributed by atoms with Gasteiger partial charge in [-0.15, -0.1) is 0 Å². The fraction of sp³-hybridized carbons (Fsp3) is 0.519. The molecule has 0 bridgehead atoms. The second kappa shape index (κ2) is 12.0. The van der Waals surface area contributed by atoms with Crippen molar-refractivity contribution in [3.63, 3.8) is 0 Å². The Bertz CT molecular complexity index is 1480. The van der Waals surface area contributed by atoms with E-state index in [9.17, 15) is 23.7 Å². The number of nitrogens with two attached hydrogens (primary N) is 1. The van der Waals surface area contributed by atoms with E-state index in [2.05, 4.69) is 9.97 Å². The number of fused-ring (bicyclic) bond motifs is 1. The first-order valence-corrected chi connectivity index (χ1v) is 15.0. The number of alkyl halides is 1. The summed E-state index contributed by atoms with van der Waals surface area (Å²) >= 11 is 0. The Hall–Kier alpha value is -3.09. The molecule has 0 aliphatic carbocycles. The molecule has 2 aromatic heterocycles. The second-order valence-corrected chi connectivity index (χ2v) is 12.6. The SMILES string of the molecule is Cc1nc2c(ccn2[C@@H]2O[C@H]([C@@H](C)O[P@](=O)(C[C@@H](C)C(=O)OC(C)C)Oc3ccccc3)[C@H](O)C2(N)CF)c(=O)[nH]1. The van der Waals surface area contributed by atoms with Gasteiger partial charge in [0.15, 0.2) is 6.23 Å². The number of nitrogens with zero attached hydrogens (tertiary/aromatic N) is 2. The highest BCUT2D eigenvalue weighted by Gasteiger charge is 2.57. The number of aliphatic hydroxyl groups is 1. The van der Waals surface area contributed by atoms with Gasteiger partial charge in [-0.05, 0) is 45.9 Å². The Balaban J connectivity index is 1.63. The molecule has 4 rings (SSSR count). The van der Waals surface area contributed by atoms with Gasteiger partial charge in [-0.1, -0.05) is 25.1 Å². The number of halogens is 1. The summed E-state index contributed by atoms with van der Waals surface area (Å²) in [5.41, 5.74) is 4.21. The normalized spacial score (nSPS) is 25.6. The number of aryl methyl sites for hydroxylation is 1. The number of aliphatic hydroxyl groups excluding tert-OH is 1. The zero-order valence-electron chi connectivity index (χ0n) is 23.5. The number of H-pyrrole nitrogens is 1. The first-order chi connectivity index (χ1) is 19.3. The molecular weight excluding hydrogens is 558 g/mol. The third kappa shape index (κ3) is 6.39. The minimum Gasteiger partial charge on any atom is -0.463 e. The number of carbonyl (C=O) groups excluding carboxylic acids is 1. The number of esters is 1. The molecule has 1 aliphatic rings. The van der Waals surface area contributed by atoms with Crippen LogP contribution in [-0.2, 0) is 23.4 Å². The monoisotopic (exact) mass is 594 g/mol. The predicted molar refractivity (Wildman–Crippen MR) is 148 cm³/mol. The van der Waals surface area contributed by atoms with Gasteiger partial charge in [0.1, 0.15) is 41.6 Å². The molecule has 7 atom stereocenters. The third-order valence-electron chi connectivity index (χ3n) is 6.82. The maximum atomic E-state index is 14.5. The Morgan fingerprint density at radius 3 is 2.59 bits per heavy atom. The van der Waals surface area contributed by atoms with Crippen molar-refractivity contribution in [2.75, 3.05) is 12.8 Å². The molecule has 3 aromatic rings. The summed E-state index contributed by atoms with van der Waals surface area (Å²) in [5.74, 6) is -0.887. The number of rotatable bonds is 11. The van der Waals surface area contributed by atoms with E-state index >= 15 is 0 Å². The molecule has 1 fully saturated rings. The Morgan fingerprint density at radius 1 is 1.27 bits per heavy atom. The lowest BCUT2D eigenvalue weighted by Gasteiger charge is -2.31.